The lowest BCUT2D eigenvalue weighted by atomic mass is 9.89. The average molecular weight is 609 g/mol. The Kier molecular flexibility index (Phi) is 7.66. The number of nitrogens with zero attached hydrogens (tertiary/aromatic N) is 1. The summed E-state index contributed by atoms with van der Waals surface area (Å²) in [5.74, 6) is 1.11. The monoisotopic (exact) mass is 609 g/mol. The lowest BCUT2D eigenvalue weighted by Gasteiger charge is -2.25. The summed E-state index contributed by atoms with van der Waals surface area (Å²) in [5.41, 5.74) is 0.901. The fourth-order valence-corrected chi connectivity index (χ4v) is 6.36. The molecule has 0 bridgehead atoms. The van der Waals surface area contributed by atoms with Gasteiger partial charge in [0.25, 0.3) is 11.1 Å². The van der Waals surface area contributed by atoms with E-state index in [-0.39, 0.29) is 11.1 Å². The van der Waals surface area contributed by atoms with Crippen LogP contribution in [0.5, 0.6) is 5.75 Å². The summed E-state index contributed by atoms with van der Waals surface area (Å²) < 4.78 is 7.63. The summed E-state index contributed by atoms with van der Waals surface area (Å²) in [6, 6.07) is 3.94. The zero-order chi connectivity index (χ0) is 19.4. The molecule has 1 saturated carbocycles. The summed E-state index contributed by atoms with van der Waals surface area (Å²) in [4.78, 5) is 27.0. The van der Waals surface area contributed by atoms with Crippen LogP contribution in [-0.2, 0) is 4.79 Å². The van der Waals surface area contributed by atoms with Crippen molar-refractivity contribution < 1.29 is 14.3 Å². The lowest BCUT2D eigenvalue weighted by molar-refractivity contribution is -0.123. The van der Waals surface area contributed by atoms with E-state index >= 15 is 0 Å². The molecule has 0 atom stereocenters. The molecule has 27 heavy (non-hydrogen) atoms. The van der Waals surface area contributed by atoms with Crippen molar-refractivity contribution in [1.29, 1.82) is 0 Å². The Morgan fingerprint density at radius 1 is 1.19 bits per heavy atom. The molecule has 2 fully saturated rings. The van der Waals surface area contributed by atoms with Gasteiger partial charge in [-0.25, -0.2) is 0 Å². The number of benzene rings is 1. The van der Waals surface area contributed by atoms with E-state index in [1.54, 1.807) is 6.08 Å². The quantitative estimate of drug-likeness (QED) is 0.223. The minimum Gasteiger partial charge on any atom is -0.487 e. The van der Waals surface area contributed by atoms with Crippen molar-refractivity contribution in [3.63, 3.8) is 0 Å². The second kappa shape index (κ2) is 9.78. The summed E-state index contributed by atoms with van der Waals surface area (Å²) in [5, 5.41) is -0.146. The maximum Gasteiger partial charge on any atom is 0.293 e. The molecule has 144 valence electrons. The van der Waals surface area contributed by atoms with Gasteiger partial charge in [0.1, 0.15) is 12.4 Å². The second-order valence-electron chi connectivity index (χ2n) is 6.71. The Bertz CT molecular complexity index is 764. The second-order valence-corrected chi connectivity index (χ2v) is 10.0. The number of carbonyl (C=O) groups is 2. The van der Waals surface area contributed by atoms with Gasteiger partial charge < -0.3 is 4.74 Å². The van der Waals surface area contributed by atoms with E-state index in [1.165, 1.54) is 24.2 Å². The van der Waals surface area contributed by atoms with Crippen LogP contribution in [0.1, 0.15) is 37.7 Å². The standard InChI is InChI=1S/C20H21I2NO3S/c1-2-8-26-18-15(21)9-14(10-16(18)22)11-17-19(24)23(20(25)27-17)12-13-6-4-3-5-7-13/h2,9-11,13H,1,3-8,12H2/b17-11+. The molecule has 4 nitrogen and oxygen atoms in total. The number of halogens is 2. The molecule has 7 heteroatoms. The molecule has 1 aromatic rings. The lowest BCUT2D eigenvalue weighted by Crippen LogP contribution is -2.34. The van der Waals surface area contributed by atoms with E-state index in [0.717, 1.165) is 43.1 Å². The Morgan fingerprint density at radius 3 is 2.48 bits per heavy atom. The minimum atomic E-state index is -0.160. The molecular formula is C20H21I2NO3S. The Hall–Kier alpha value is -0.550. The van der Waals surface area contributed by atoms with Crippen molar-refractivity contribution >= 4 is 74.2 Å². The molecule has 1 aliphatic heterocycles. The highest BCUT2D eigenvalue weighted by atomic mass is 127. The summed E-state index contributed by atoms with van der Waals surface area (Å²) in [7, 11) is 0. The van der Waals surface area contributed by atoms with Crippen molar-refractivity contribution in [1.82, 2.24) is 4.90 Å². The van der Waals surface area contributed by atoms with Crippen molar-refractivity contribution in [2.45, 2.75) is 32.1 Å². The molecule has 0 N–H and O–H groups in total. The van der Waals surface area contributed by atoms with E-state index in [1.807, 2.05) is 18.2 Å². The Balaban J connectivity index is 1.76. The van der Waals surface area contributed by atoms with E-state index in [4.69, 9.17) is 4.74 Å². The van der Waals surface area contributed by atoms with Crippen molar-refractivity contribution in [2.24, 2.45) is 5.92 Å². The van der Waals surface area contributed by atoms with Crippen LogP contribution in [-0.4, -0.2) is 29.2 Å². The van der Waals surface area contributed by atoms with Gasteiger partial charge in [0.15, 0.2) is 0 Å². The molecule has 0 unspecified atom stereocenters. The van der Waals surface area contributed by atoms with Crippen LogP contribution in [0.15, 0.2) is 29.7 Å². The predicted octanol–water partition coefficient (Wildman–Crippen LogP) is 6.08. The highest BCUT2D eigenvalue weighted by Crippen LogP contribution is 2.36. The number of amides is 2. The average Bonchev–Trinajstić information content (AvgIpc) is 2.89. The summed E-state index contributed by atoms with van der Waals surface area (Å²) in [6.07, 6.45) is 9.42. The fraction of sp³-hybridized carbons (Fsp3) is 0.400. The van der Waals surface area contributed by atoms with Gasteiger partial charge in [-0.05, 0) is 99.5 Å². The first kappa shape index (κ1) is 21.2. The Morgan fingerprint density at radius 2 is 1.85 bits per heavy atom. The van der Waals surface area contributed by atoms with Crippen LogP contribution in [0.2, 0.25) is 0 Å². The minimum absolute atomic E-state index is 0.146. The van der Waals surface area contributed by atoms with Gasteiger partial charge in [0.2, 0.25) is 0 Å². The van der Waals surface area contributed by atoms with E-state index < -0.39 is 0 Å². The summed E-state index contributed by atoms with van der Waals surface area (Å²) in [6.45, 7) is 4.68. The van der Waals surface area contributed by atoms with E-state index in [2.05, 4.69) is 51.8 Å². The molecule has 1 heterocycles. The molecule has 0 aromatic heterocycles. The first-order valence-corrected chi connectivity index (χ1v) is 11.9. The maximum atomic E-state index is 12.7. The molecule has 2 amide bonds. The SMILES string of the molecule is C=CCOc1c(I)cc(/C=C2/SC(=O)N(CC3CCCCC3)C2=O)cc1I. The van der Waals surface area contributed by atoms with Crippen molar-refractivity contribution in [3.05, 3.63) is 42.4 Å². The van der Waals surface area contributed by atoms with Crippen LogP contribution in [0, 0.1) is 13.1 Å². The predicted molar refractivity (Wildman–Crippen MR) is 127 cm³/mol. The molecule has 1 aliphatic carbocycles. The number of imide groups is 1. The topological polar surface area (TPSA) is 46.6 Å². The van der Waals surface area contributed by atoms with Crippen molar-refractivity contribution in [3.8, 4) is 5.75 Å². The smallest absolute Gasteiger partial charge is 0.293 e. The highest BCUT2D eigenvalue weighted by Gasteiger charge is 2.36. The maximum absolute atomic E-state index is 12.7. The number of hydrogen-bond acceptors (Lipinski definition) is 4. The largest absolute Gasteiger partial charge is 0.487 e. The third-order valence-corrected chi connectivity index (χ3v) is 7.21. The number of hydrogen-bond donors (Lipinski definition) is 0. The third-order valence-electron chi connectivity index (χ3n) is 4.70. The third kappa shape index (κ3) is 5.29. The molecule has 1 saturated heterocycles. The fourth-order valence-electron chi connectivity index (χ4n) is 3.38. The Labute approximate surface area is 191 Å². The summed E-state index contributed by atoms with van der Waals surface area (Å²) >= 11 is 5.49. The van der Waals surface area contributed by atoms with Gasteiger partial charge in [0, 0.05) is 6.54 Å². The first-order chi connectivity index (χ1) is 13.0. The van der Waals surface area contributed by atoms with Gasteiger partial charge in [0.05, 0.1) is 12.0 Å². The van der Waals surface area contributed by atoms with Crippen LogP contribution in [0.25, 0.3) is 6.08 Å². The number of rotatable bonds is 6. The van der Waals surface area contributed by atoms with Gasteiger partial charge in [-0.3, -0.25) is 14.5 Å². The molecular weight excluding hydrogens is 588 g/mol. The van der Waals surface area contributed by atoms with Crippen LogP contribution in [0.4, 0.5) is 4.79 Å². The molecule has 3 rings (SSSR count). The van der Waals surface area contributed by atoms with Gasteiger partial charge >= 0.3 is 0 Å². The molecule has 1 aromatic carbocycles. The molecule has 2 aliphatic rings. The van der Waals surface area contributed by atoms with Crippen LogP contribution >= 0.6 is 56.9 Å². The number of ether oxygens (including phenoxy) is 1. The van der Waals surface area contributed by atoms with Crippen LogP contribution in [0.3, 0.4) is 0 Å². The van der Waals surface area contributed by atoms with Gasteiger partial charge in [-0.15, -0.1) is 0 Å². The van der Waals surface area contributed by atoms with Gasteiger partial charge in [-0.2, -0.15) is 0 Å². The normalized spacial score (nSPS) is 19.8. The van der Waals surface area contributed by atoms with Gasteiger partial charge in [-0.1, -0.05) is 31.9 Å². The molecule has 0 radical (unpaired) electrons. The number of carbonyl (C=O) groups excluding carboxylic acids is 2. The first-order valence-electron chi connectivity index (χ1n) is 8.97. The highest BCUT2D eigenvalue weighted by molar-refractivity contribution is 14.1. The van der Waals surface area contributed by atoms with Crippen molar-refractivity contribution in [2.75, 3.05) is 13.2 Å². The number of thioether (sulfide) groups is 1. The van der Waals surface area contributed by atoms with E-state index in [0.29, 0.717) is 24.0 Å². The van der Waals surface area contributed by atoms with E-state index in [9.17, 15) is 9.59 Å². The van der Waals surface area contributed by atoms with Crippen LogP contribution < -0.4 is 4.74 Å². The zero-order valence-electron chi connectivity index (χ0n) is 14.9. The molecule has 0 spiro atoms. The zero-order valence-corrected chi connectivity index (χ0v) is 20.0.